The molecular weight excluding hydrogens is 156 g/mol. The summed E-state index contributed by atoms with van der Waals surface area (Å²) in [7, 11) is 0. The molecule has 80 valence electrons. The summed E-state index contributed by atoms with van der Waals surface area (Å²) in [5, 5.41) is 0. The summed E-state index contributed by atoms with van der Waals surface area (Å²) in [5.41, 5.74) is 0. The molecule has 0 nitrogen and oxygen atoms in total. The van der Waals surface area contributed by atoms with E-state index in [1.807, 2.05) is 0 Å². The van der Waals surface area contributed by atoms with Crippen LogP contribution in [0.1, 0.15) is 66.7 Å². The lowest BCUT2D eigenvalue weighted by Gasteiger charge is -2.17. The van der Waals surface area contributed by atoms with E-state index < -0.39 is 0 Å². The molecule has 0 aliphatic carbocycles. The van der Waals surface area contributed by atoms with Crippen molar-refractivity contribution in [2.45, 2.75) is 66.7 Å². The minimum Gasteiger partial charge on any atom is -0.0651 e. The fourth-order valence-corrected chi connectivity index (χ4v) is 1.97. The van der Waals surface area contributed by atoms with Gasteiger partial charge in [-0.1, -0.05) is 60.3 Å². The van der Waals surface area contributed by atoms with Gasteiger partial charge < -0.3 is 0 Å². The van der Waals surface area contributed by atoms with Gasteiger partial charge >= 0.3 is 0 Å². The molecule has 0 spiro atoms. The quantitative estimate of drug-likeness (QED) is 0.528. The van der Waals surface area contributed by atoms with Crippen LogP contribution in [-0.4, -0.2) is 0 Å². The van der Waals surface area contributed by atoms with Gasteiger partial charge in [0.15, 0.2) is 0 Å². The van der Waals surface area contributed by atoms with E-state index in [9.17, 15) is 0 Å². The Labute approximate surface area is 85.1 Å². The maximum atomic E-state index is 2.34. The summed E-state index contributed by atoms with van der Waals surface area (Å²) in [5.74, 6) is 2.75. The minimum absolute atomic E-state index is 0.879. The van der Waals surface area contributed by atoms with Gasteiger partial charge in [0.05, 0.1) is 0 Å². The zero-order chi connectivity index (χ0) is 10.3. The van der Waals surface area contributed by atoms with E-state index in [2.05, 4.69) is 34.6 Å². The first-order valence-electron chi connectivity index (χ1n) is 6.06. The average Bonchev–Trinajstić information content (AvgIpc) is 2.01. The largest absolute Gasteiger partial charge is 0.0651 e. The van der Waals surface area contributed by atoms with E-state index in [0.29, 0.717) is 0 Å². The van der Waals surface area contributed by atoms with Gasteiger partial charge in [-0.25, -0.2) is 0 Å². The molecule has 0 bridgehead atoms. The van der Waals surface area contributed by atoms with Crippen molar-refractivity contribution in [3.8, 4) is 0 Å². The van der Waals surface area contributed by atoms with Gasteiger partial charge in [-0.2, -0.15) is 0 Å². The predicted octanol–water partition coefficient (Wildman–Crippen LogP) is 4.89. The first-order valence-corrected chi connectivity index (χ1v) is 6.06. The number of hydrogen-bond acceptors (Lipinski definition) is 0. The molecule has 0 saturated heterocycles. The molecule has 0 aromatic rings. The molecule has 0 rings (SSSR count). The third-order valence-corrected chi connectivity index (χ3v) is 2.78. The monoisotopic (exact) mass is 184 g/mol. The lowest BCUT2D eigenvalue weighted by molar-refractivity contribution is 0.354. The lowest BCUT2D eigenvalue weighted by Crippen LogP contribution is -2.04. The standard InChI is InChI=1S/C13H28/c1-6-13(10-12(4)5)9-7-8-11(2)3/h11-13H,6-10H2,1-5H3. The van der Waals surface area contributed by atoms with Crippen LogP contribution in [0.5, 0.6) is 0 Å². The summed E-state index contributed by atoms with van der Waals surface area (Å²) in [6, 6.07) is 0. The third kappa shape index (κ3) is 8.33. The van der Waals surface area contributed by atoms with Crippen molar-refractivity contribution in [1.82, 2.24) is 0 Å². The SMILES string of the molecule is CCC(CCCC(C)C)CC(C)C. The highest BCUT2D eigenvalue weighted by Crippen LogP contribution is 2.22. The molecule has 13 heavy (non-hydrogen) atoms. The summed E-state index contributed by atoms with van der Waals surface area (Å²) in [6.07, 6.45) is 7.09. The van der Waals surface area contributed by atoms with Crippen molar-refractivity contribution in [2.75, 3.05) is 0 Å². The lowest BCUT2D eigenvalue weighted by atomic mass is 9.89. The van der Waals surface area contributed by atoms with E-state index in [0.717, 1.165) is 17.8 Å². The van der Waals surface area contributed by atoms with Crippen molar-refractivity contribution < 1.29 is 0 Å². The molecule has 0 aliphatic rings. The third-order valence-electron chi connectivity index (χ3n) is 2.78. The normalized spacial score (nSPS) is 14.1. The van der Waals surface area contributed by atoms with Crippen LogP contribution in [0.2, 0.25) is 0 Å². The Hall–Kier alpha value is 0. The van der Waals surface area contributed by atoms with E-state index >= 15 is 0 Å². The van der Waals surface area contributed by atoms with Gasteiger partial charge in [-0.3, -0.25) is 0 Å². The van der Waals surface area contributed by atoms with E-state index in [1.165, 1.54) is 32.1 Å². The maximum Gasteiger partial charge on any atom is -0.0414 e. The Morgan fingerprint density at radius 1 is 0.846 bits per heavy atom. The summed E-state index contributed by atoms with van der Waals surface area (Å²) in [6.45, 7) is 11.7. The summed E-state index contributed by atoms with van der Waals surface area (Å²) < 4.78 is 0. The van der Waals surface area contributed by atoms with Crippen LogP contribution in [0.3, 0.4) is 0 Å². The highest BCUT2D eigenvalue weighted by atomic mass is 14.1. The molecule has 0 aromatic heterocycles. The fourth-order valence-electron chi connectivity index (χ4n) is 1.97. The number of rotatable bonds is 7. The van der Waals surface area contributed by atoms with Crippen LogP contribution in [0.4, 0.5) is 0 Å². The summed E-state index contributed by atoms with van der Waals surface area (Å²) in [4.78, 5) is 0. The van der Waals surface area contributed by atoms with Crippen molar-refractivity contribution >= 4 is 0 Å². The van der Waals surface area contributed by atoms with Crippen LogP contribution >= 0.6 is 0 Å². The molecule has 1 unspecified atom stereocenters. The average molecular weight is 184 g/mol. The summed E-state index contributed by atoms with van der Waals surface area (Å²) >= 11 is 0. The van der Waals surface area contributed by atoms with Crippen molar-refractivity contribution in [2.24, 2.45) is 17.8 Å². The molecule has 0 aromatic carbocycles. The Morgan fingerprint density at radius 3 is 1.85 bits per heavy atom. The van der Waals surface area contributed by atoms with E-state index in [4.69, 9.17) is 0 Å². The molecule has 0 heteroatoms. The molecule has 0 fully saturated rings. The van der Waals surface area contributed by atoms with Crippen molar-refractivity contribution in [3.05, 3.63) is 0 Å². The molecule has 0 amide bonds. The molecule has 0 saturated carbocycles. The topological polar surface area (TPSA) is 0 Å². The zero-order valence-electron chi connectivity index (χ0n) is 10.3. The van der Waals surface area contributed by atoms with Crippen molar-refractivity contribution in [3.63, 3.8) is 0 Å². The molecular formula is C13H28. The Balaban J connectivity index is 3.48. The second-order valence-electron chi connectivity index (χ2n) is 5.23. The molecule has 0 radical (unpaired) electrons. The highest BCUT2D eigenvalue weighted by Gasteiger charge is 2.08. The van der Waals surface area contributed by atoms with Crippen LogP contribution < -0.4 is 0 Å². The molecule has 0 aliphatic heterocycles. The van der Waals surface area contributed by atoms with E-state index in [1.54, 1.807) is 0 Å². The van der Waals surface area contributed by atoms with Crippen LogP contribution in [0.15, 0.2) is 0 Å². The molecule has 0 N–H and O–H groups in total. The van der Waals surface area contributed by atoms with Gasteiger partial charge in [0.25, 0.3) is 0 Å². The fraction of sp³-hybridized carbons (Fsp3) is 1.00. The van der Waals surface area contributed by atoms with Crippen molar-refractivity contribution in [1.29, 1.82) is 0 Å². The van der Waals surface area contributed by atoms with Gasteiger partial charge in [-0.15, -0.1) is 0 Å². The predicted molar refractivity (Wildman–Crippen MR) is 61.9 cm³/mol. The second-order valence-corrected chi connectivity index (χ2v) is 5.23. The van der Waals surface area contributed by atoms with Gasteiger partial charge in [-0.05, 0) is 24.2 Å². The van der Waals surface area contributed by atoms with Crippen LogP contribution in [-0.2, 0) is 0 Å². The Morgan fingerprint density at radius 2 is 1.46 bits per heavy atom. The van der Waals surface area contributed by atoms with Gasteiger partial charge in [0.2, 0.25) is 0 Å². The van der Waals surface area contributed by atoms with E-state index in [-0.39, 0.29) is 0 Å². The van der Waals surface area contributed by atoms with Crippen LogP contribution in [0, 0.1) is 17.8 Å². The molecule has 0 heterocycles. The van der Waals surface area contributed by atoms with Gasteiger partial charge in [0, 0.05) is 0 Å². The first-order chi connectivity index (χ1) is 6.06. The Kier molecular flexibility index (Phi) is 7.41. The van der Waals surface area contributed by atoms with Gasteiger partial charge in [0.1, 0.15) is 0 Å². The zero-order valence-corrected chi connectivity index (χ0v) is 10.3. The second kappa shape index (κ2) is 7.41. The minimum atomic E-state index is 0.879. The number of hydrogen-bond donors (Lipinski definition) is 0. The van der Waals surface area contributed by atoms with Crippen LogP contribution in [0.25, 0.3) is 0 Å². The molecule has 1 atom stereocenters. The Bertz CT molecular complexity index is 103. The maximum absolute atomic E-state index is 2.34. The smallest absolute Gasteiger partial charge is 0.0414 e. The first kappa shape index (κ1) is 13.0. The highest BCUT2D eigenvalue weighted by molar-refractivity contribution is 4.60.